The van der Waals surface area contributed by atoms with Gasteiger partial charge < -0.3 is 24.6 Å². The fraction of sp³-hybridized carbons (Fsp3) is 0.450. The second-order valence-electron chi connectivity index (χ2n) is 7.41. The third kappa shape index (κ3) is 3.54. The largest absolute Gasteiger partial charge is 0.454 e. The minimum absolute atomic E-state index is 0.0486. The van der Waals surface area contributed by atoms with Gasteiger partial charge in [-0.3, -0.25) is 0 Å². The van der Waals surface area contributed by atoms with Gasteiger partial charge in [-0.2, -0.15) is 5.10 Å². The summed E-state index contributed by atoms with van der Waals surface area (Å²) in [7, 11) is 0. The molecule has 0 bridgehead atoms. The topological polar surface area (TPSA) is 79.8 Å². The predicted molar refractivity (Wildman–Crippen MR) is 103 cm³/mol. The van der Waals surface area contributed by atoms with Crippen molar-refractivity contribution in [2.45, 2.75) is 25.3 Å². The number of fused-ring (bicyclic) bond motifs is 1. The standard InChI is InChI=1S/C20H23N5O3/c26-20(21-12-14-1-5-17-18(11-14)28-13-27-17)25-9-7-24(8-10-25)19-6-4-16(22-23-19)15-2-3-15/h1,4-6,11,15H,2-3,7-10,12-13H2,(H,21,26). The van der Waals surface area contributed by atoms with Crippen LogP contribution in [0.15, 0.2) is 30.3 Å². The maximum Gasteiger partial charge on any atom is 0.317 e. The molecule has 0 unspecified atom stereocenters. The van der Waals surface area contributed by atoms with Gasteiger partial charge in [0.25, 0.3) is 0 Å². The molecular formula is C20H23N5O3. The molecule has 1 N–H and O–H groups in total. The Morgan fingerprint density at radius 1 is 1.04 bits per heavy atom. The number of benzene rings is 1. The van der Waals surface area contributed by atoms with E-state index in [1.807, 2.05) is 23.1 Å². The second kappa shape index (κ2) is 7.18. The fourth-order valence-electron chi connectivity index (χ4n) is 3.58. The van der Waals surface area contributed by atoms with Crippen LogP contribution in [0.1, 0.15) is 30.0 Å². The molecule has 3 heterocycles. The van der Waals surface area contributed by atoms with Gasteiger partial charge in [-0.25, -0.2) is 4.79 Å². The Morgan fingerprint density at radius 3 is 2.61 bits per heavy atom. The summed E-state index contributed by atoms with van der Waals surface area (Å²) in [6, 6.07) is 9.81. The number of carbonyl (C=O) groups excluding carboxylic acids is 1. The Hall–Kier alpha value is -3.03. The van der Waals surface area contributed by atoms with Crippen LogP contribution < -0.4 is 19.7 Å². The van der Waals surface area contributed by atoms with Gasteiger partial charge in [0.15, 0.2) is 17.3 Å². The molecule has 1 aromatic carbocycles. The highest BCUT2D eigenvalue weighted by Gasteiger charge is 2.26. The average Bonchev–Trinajstić information content (AvgIpc) is 3.49. The SMILES string of the molecule is O=C(NCc1ccc2c(c1)OCO2)N1CCN(c2ccc(C3CC3)nn2)CC1. The predicted octanol–water partition coefficient (Wildman–Crippen LogP) is 2.11. The summed E-state index contributed by atoms with van der Waals surface area (Å²) in [6.07, 6.45) is 2.46. The number of carbonyl (C=O) groups is 1. The van der Waals surface area contributed by atoms with E-state index in [0.717, 1.165) is 41.7 Å². The Bertz CT molecular complexity index is 861. The third-order valence-electron chi connectivity index (χ3n) is 5.44. The lowest BCUT2D eigenvalue weighted by atomic mass is 10.2. The van der Waals surface area contributed by atoms with Crippen LogP contribution in [0.4, 0.5) is 10.6 Å². The Morgan fingerprint density at radius 2 is 1.86 bits per heavy atom. The van der Waals surface area contributed by atoms with E-state index in [1.54, 1.807) is 0 Å². The molecule has 2 amide bonds. The Balaban J connectivity index is 1.11. The van der Waals surface area contributed by atoms with E-state index in [1.165, 1.54) is 12.8 Å². The molecule has 3 aliphatic rings. The highest BCUT2D eigenvalue weighted by Crippen LogP contribution is 2.38. The fourth-order valence-corrected chi connectivity index (χ4v) is 3.58. The van der Waals surface area contributed by atoms with E-state index in [2.05, 4.69) is 32.5 Å². The number of aromatic nitrogens is 2. The highest BCUT2D eigenvalue weighted by molar-refractivity contribution is 5.74. The maximum absolute atomic E-state index is 12.5. The van der Waals surface area contributed by atoms with Crippen LogP contribution in [-0.2, 0) is 6.54 Å². The smallest absolute Gasteiger partial charge is 0.317 e. The van der Waals surface area contributed by atoms with Gasteiger partial charge in [0.2, 0.25) is 6.79 Å². The van der Waals surface area contributed by atoms with Gasteiger partial charge in [0.05, 0.1) is 5.69 Å². The van der Waals surface area contributed by atoms with Crippen molar-refractivity contribution in [3.8, 4) is 11.5 Å². The molecule has 8 heteroatoms. The molecule has 1 aliphatic carbocycles. The van der Waals surface area contributed by atoms with E-state index >= 15 is 0 Å². The first-order chi connectivity index (χ1) is 13.8. The Labute approximate surface area is 163 Å². The lowest BCUT2D eigenvalue weighted by molar-refractivity contribution is 0.174. The number of piperazine rings is 1. The van der Waals surface area contributed by atoms with Crippen molar-refractivity contribution in [2.24, 2.45) is 0 Å². The summed E-state index contributed by atoms with van der Waals surface area (Å²) >= 11 is 0. The van der Waals surface area contributed by atoms with E-state index in [0.29, 0.717) is 25.6 Å². The first-order valence-corrected chi connectivity index (χ1v) is 9.76. The minimum atomic E-state index is -0.0486. The van der Waals surface area contributed by atoms with Crippen LogP contribution in [0, 0.1) is 0 Å². The summed E-state index contributed by atoms with van der Waals surface area (Å²) in [5.74, 6) is 2.99. The molecule has 146 valence electrons. The lowest BCUT2D eigenvalue weighted by Gasteiger charge is -2.35. The molecule has 8 nitrogen and oxygen atoms in total. The summed E-state index contributed by atoms with van der Waals surface area (Å²) in [6.45, 7) is 3.56. The van der Waals surface area contributed by atoms with Crippen LogP contribution in [-0.4, -0.2) is 54.1 Å². The second-order valence-corrected chi connectivity index (χ2v) is 7.41. The van der Waals surface area contributed by atoms with Gasteiger partial charge in [0, 0.05) is 38.6 Å². The van der Waals surface area contributed by atoms with E-state index < -0.39 is 0 Å². The van der Waals surface area contributed by atoms with Crippen LogP contribution >= 0.6 is 0 Å². The number of urea groups is 1. The number of anilines is 1. The average molecular weight is 381 g/mol. The van der Waals surface area contributed by atoms with Crippen LogP contribution in [0.3, 0.4) is 0 Å². The molecule has 0 atom stereocenters. The third-order valence-corrected chi connectivity index (χ3v) is 5.44. The van der Waals surface area contributed by atoms with Gasteiger partial charge in [-0.15, -0.1) is 5.10 Å². The van der Waals surface area contributed by atoms with Crippen molar-refractivity contribution < 1.29 is 14.3 Å². The number of hydrogen-bond acceptors (Lipinski definition) is 6. The van der Waals surface area contributed by atoms with E-state index in [9.17, 15) is 4.79 Å². The molecule has 2 aromatic rings. The van der Waals surface area contributed by atoms with E-state index in [4.69, 9.17) is 9.47 Å². The molecule has 28 heavy (non-hydrogen) atoms. The van der Waals surface area contributed by atoms with Crippen molar-refractivity contribution >= 4 is 11.8 Å². The first kappa shape index (κ1) is 17.1. The van der Waals surface area contributed by atoms with Crippen molar-refractivity contribution in [1.82, 2.24) is 20.4 Å². The van der Waals surface area contributed by atoms with Crippen molar-refractivity contribution in [2.75, 3.05) is 37.9 Å². The molecule has 2 fully saturated rings. The van der Waals surface area contributed by atoms with Crippen molar-refractivity contribution in [3.63, 3.8) is 0 Å². The number of ether oxygens (including phenoxy) is 2. The number of hydrogen-bond donors (Lipinski definition) is 1. The molecule has 2 aliphatic heterocycles. The van der Waals surface area contributed by atoms with E-state index in [-0.39, 0.29) is 12.8 Å². The highest BCUT2D eigenvalue weighted by atomic mass is 16.7. The summed E-state index contributed by atoms with van der Waals surface area (Å²) in [4.78, 5) is 16.5. The maximum atomic E-state index is 12.5. The zero-order chi connectivity index (χ0) is 18.9. The van der Waals surface area contributed by atoms with Gasteiger partial charge in [-0.1, -0.05) is 6.07 Å². The molecule has 0 spiro atoms. The molecule has 1 saturated carbocycles. The minimum Gasteiger partial charge on any atom is -0.454 e. The molecule has 1 saturated heterocycles. The molecule has 1 aromatic heterocycles. The monoisotopic (exact) mass is 381 g/mol. The first-order valence-electron chi connectivity index (χ1n) is 9.76. The van der Waals surface area contributed by atoms with Crippen LogP contribution in [0.25, 0.3) is 0 Å². The van der Waals surface area contributed by atoms with Crippen molar-refractivity contribution in [1.29, 1.82) is 0 Å². The number of amides is 2. The zero-order valence-corrected chi connectivity index (χ0v) is 15.6. The summed E-state index contributed by atoms with van der Waals surface area (Å²) in [5.41, 5.74) is 2.09. The summed E-state index contributed by atoms with van der Waals surface area (Å²) in [5, 5.41) is 11.7. The quantitative estimate of drug-likeness (QED) is 0.874. The number of nitrogens with zero attached hydrogens (tertiary/aromatic N) is 4. The van der Waals surface area contributed by atoms with Crippen molar-refractivity contribution in [3.05, 3.63) is 41.6 Å². The molecule has 5 rings (SSSR count). The molecule has 0 radical (unpaired) electrons. The van der Waals surface area contributed by atoms with Gasteiger partial charge in [-0.05, 0) is 42.7 Å². The zero-order valence-electron chi connectivity index (χ0n) is 15.6. The van der Waals surface area contributed by atoms with Gasteiger partial charge >= 0.3 is 6.03 Å². The van der Waals surface area contributed by atoms with Crippen LogP contribution in [0.5, 0.6) is 11.5 Å². The normalized spacial score (nSPS) is 18.3. The number of nitrogens with one attached hydrogen (secondary N) is 1. The number of rotatable bonds is 4. The van der Waals surface area contributed by atoms with Gasteiger partial charge in [0.1, 0.15) is 0 Å². The summed E-state index contributed by atoms with van der Waals surface area (Å²) < 4.78 is 10.7. The Kier molecular flexibility index (Phi) is 4.38. The molecular weight excluding hydrogens is 358 g/mol. The lowest BCUT2D eigenvalue weighted by Crippen LogP contribution is -2.52. The van der Waals surface area contributed by atoms with Crippen LogP contribution in [0.2, 0.25) is 0 Å².